The van der Waals surface area contributed by atoms with E-state index in [1.54, 1.807) is 19.9 Å². The van der Waals surface area contributed by atoms with Crippen LogP contribution in [0.3, 0.4) is 0 Å². The van der Waals surface area contributed by atoms with Gasteiger partial charge in [0.25, 0.3) is 5.91 Å². The first-order valence-electron chi connectivity index (χ1n) is 5.84. The third-order valence-corrected chi connectivity index (χ3v) is 3.13. The molecule has 19 heavy (non-hydrogen) atoms. The fraction of sp³-hybridized carbons (Fsp3) is 0.385. The van der Waals surface area contributed by atoms with Crippen LogP contribution in [0.2, 0.25) is 0 Å². The number of amides is 1. The molecule has 1 amide bonds. The summed E-state index contributed by atoms with van der Waals surface area (Å²) in [5.41, 5.74) is 0.161. The fourth-order valence-corrected chi connectivity index (χ4v) is 2.01. The molecule has 104 valence electrons. The lowest BCUT2D eigenvalue weighted by Crippen LogP contribution is -2.38. The minimum Gasteiger partial charge on any atom is -0.507 e. The normalized spacial score (nSPS) is 10.5. The summed E-state index contributed by atoms with van der Waals surface area (Å²) in [6.45, 7) is 3.71. The number of halogens is 1. The molecule has 0 aliphatic rings. The minimum atomic E-state index is -0.961. The Labute approximate surface area is 120 Å². The van der Waals surface area contributed by atoms with Gasteiger partial charge in [0.1, 0.15) is 5.75 Å². The number of phenols is 1. The molecule has 0 aliphatic heterocycles. The van der Waals surface area contributed by atoms with Crippen molar-refractivity contribution >= 4 is 27.8 Å². The molecular weight excluding hydrogens is 314 g/mol. The minimum absolute atomic E-state index is 0.109. The summed E-state index contributed by atoms with van der Waals surface area (Å²) in [4.78, 5) is 24.4. The largest absolute Gasteiger partial charge is 0.507 e. The van der Waals surface area contributed by atoms with E-state index in [4.69, 9.17) is 5.11 Å². The van der Waals surface area contributed by atoms with Gasteiger partial charge in [-0.3, -0.25) is 9.59 Å². The second kappa shape index (κ2) is 6.56. The van der Waals surface area contributed by atoms with Crippen LogP contribution in [-0.2, 0) is 4.79 Å². The van der Waals surface area contributed by atoms with E-state index in [0.717, 1.165) is 0 Å². The second-order valence-corrected chi connectivity index (χ2v) is 5.31. The number of carbonyl (C=O) groups is 2. The van der Waals surface area contributed by atoms with Crippen LogP contribution in [-0.4, -0.2) is 39.6 Å². The lowest BCUT2D eigenvalue weighted by molar-refractivity contribution is -0.137. The first-order valence-corrected chi connectivity index (χ1v) is 6.63. The summed E-state index contributed by atoms with van der Waals surface area (Å²) >= 11 is 3.24. The van der Waals surface area contributed by atoms with Crippen molar-refractivity contribution in [3.8, 4) is 5.75 Å². The summed E-state index contributed by atoms with van der Waals surface area (Å²) in [5.74, 6) is -1.46. The van der Waals surface area contributed by atoms with E-state index in [9.17, 15) is 14.7 Å². The van der Waals surface area contributed by atoms with Gasteiger partial charge in [0, 0.05) is 17.1 Å². The maximum Gasteiger partial charge on any atom is 0.305 e. The van der Waals surface area contributed by atoms with Crippen molar-refractivity contribution in [2.24, 2.45) is 0 Å². The number of hydrogen-bond donors (Lipinski definition) is 2. The lowest BCUT2D eigenvalue weighted by atomic mass is 10.1. The van der Waals surface area contributed by atoms with Crippen LogP contribution in [0.1, 0.15) is 30.6 Å². The Bertz CT molecular complexity index is 488. The highest BCUT2D eigenvalue weighted by atomic mass is 79.9. The monoisotopic (exact) mass is 329 g/mol. The van der Waals surface area contributed by atoms with Crippen molar-refractivity contribution in [3.63, 3.8) is 0 Å². The molecule has 0 fully saturated rings. The Hall–Kier alpha value is -1.56. The van der Waals surface area contributed by atoms with Gasteiger partial charge in [-0.05, 0) is 32.0 Å². The molecule has 0 aromatic heterocycles. The van der Waals surface area contributed by atoms with E-state index in [1.807, 2.05) is 0 Å². The molecule has 6 heteroatoms. The van der Waals surface area contributed by atoms with E-state index in [0.29, 0.717) is 4.47 Å². The number of nitrogens with zero attached hydrogens (tertiary/aromatic N) is 1. The Morgan fingerprint density at radius 2 is 2.00 bits per heavy atom. The van der Waals surface area contributed by atoms with Crippen molar-refractivity contribution in [2.45, 2.75) is 26.3 Å². The van der Waals surface area contributed by atoms with Crippen LogP contribution >= 0.6 is 15.9 Å². The van der Waals surface area contributed by atoms with Crippen molar-refractivity contribution in [1.29, 1.82) is 0 Å². The quantitative estimate of drug-likeness (QED) is 0.869. The molecular formula is C13H16BrNO4. The molecule has 0 aliphatic carbocycles. The average Bonchev–Trinajstić information content (AvgIpc) is 2.31. The standard InChI is InChI=1S/C13H16BrNO4/c1-8(2)15(6-5-12(17)18)13(19)10-7-9(14)3-4-11(10)16/h3-4,7-8,16H,5-6H2,1-2H3,(H,17,18). The Morgan fingerprint density at radius 3 is 2.53 bits per heavy atom. The number of carboxylic acids is 1. The van der Waals surface area contributed by atoms with Gasteiger partial charge in [-0.25, -0.2) is 0 Å². The molecule has 0 radical (unpaired) electrons. The molecule has 1 rings (SSSR count). The SMILES string of the molecule is CC(C)N(CCC(=O)O)C(=O)c1cc(Br)ccc1O. The van der Waals surface area contributed by atoms with Gasteiger partial charge in [-0.2, -0.15) is 0 Å². The highest BCUT2D eigenvalue weighted by Gasteiger charge is 2.22. The van der Waals surface area contributed by atoms with E-state index in [1.165, 1.54) is 17.0 Å². The molecule has 0 spiro atoms. The lowest BCUT2D eigenvalue weighted by Gasteiger charge is -2.26. The molecule has 2 N–H and O–H groups in total. The van der Waals surface area contributed by atoms with Crippen molar-refractivity contribution in [2.75, 3.05) is 6.54 Å². The van der Waals surface area contributed by atoms with Crippen LogP contribution < -0.4 is 0 Å². The Morgan fingerprint density at radius 1 is 1.37 bits per heavy atom. The summed E-state index contributed by atoms with van der Waals surface area (Å²) in [6, 6.07) is 4.43. The molecule has 5 nitrogen and oxygen atoms in total. The summed E-state index contributed by atoms with van der Waals surface area (Å²) in [7, 11) is 0. The van der Waals surface area contributed by atoms with Gasteiger partial charge in [0.15, 0.2) is 0 Å². The Balaban J connectivity index is 2.99. The van der Waals surface area contributed by atoms with Gasteiger partial charge >= 0.3 is 5.97 Å². The van der Waals surface area contributed by atoms with Gasteiger partial charge in [-0.1, -0.05) is 15.9 Å². The maximum absolute atomic E-state index is 12.3. The molecule has 1 aromatic carbocycles. The number of benzene rings is 1. The van der Waals surface area contributed by atoms with Crippen molar-refractivity contribution < 1.29 is 19.8 Å². The van der Waals surface area contributed by atoms with Crippen LogP contribution in [0.25, 0.3) is 0 Å². The van der Waals surface area contributed by atoms with Gasteiger partial charge < -0.3 is 15.1 Å². The first-order chi connectivity index (χ1) is 8.82. The number of hydrogen-bond acceptors (Lipinski definition) is 3. The predicted molar refractivity (Wildman–Crippen MR) is 74.2 cm³/mol. The number of rotatable bonds is 5. The number of phenolic OH excluding ortho intramolecular Hbond substituents is 1. The molecule has 1 aromatic rings. The van der Waals surface area contributed by atoms with Gasteiger partial charge in [-0.15, -0.1) is 0 Å². The zero-order valence-electron chi connectivity index (χ0n) is 10.8. The van der Waals surface area contributed by atoms with E-state index < -0.39 is 5.97 Å². The summed E-state index contributed by atoms with van der Waals surface area (Å²) in [6.07, 6.45) is -0.126. The number of carboxylic acid groups (broad SMARTS) is 1. The van der Waals surface area contributed by atoms with Crippen molar-refractivity contribution in [3.05, 3.63) is 28.2 Å². The third kappa shape index (κ3) is 4.24. The number of carbonyl (C=O) groups excluding carboxylic acids is 1. The second-order valence-electron chi connectivity index (χ2n) is 4.40. The Kier molecular flexibility index (Phi) is 5.35. The van der Waals surface area contributed by atoms with Crippen LogP contribution in [0.5, 0.6) is 5.75 Å². The third-order valence-electron chi connectivity index (χ3n) is 2.64. The first kappa shape index (κ1) is 15.5. The number of aromatic hydroxyl groups is 1. The van der Waals surface area contributed by atoms with E-state index in [-0.39, 0.29) is 36.2 Å². The predicted octanol–water partition coefficient (Wildman–Crippen LogP) is 2.48. The van der Waals surface area contributed by atoms with Crippen LogP contribution in [0, 0.1) is 0 Å². The van der Waals surface area contributed by atoms with Crippen LogP contribution in [0.4, 0.5) is 0 Å². The molecule has 0 saturated carbocycles. The van der Waals surface area contributed by atoms with Gasteiger partial charge in [0.05, 0.1) is 12.0 Å². The molecule has 0 saturated heterocycles. The van der Waals surface area contributed by atoms with Crippen LogP contribution in [0.15, 0.2) is 22.7 Å². The van der Waals surface area contributed by atoms with Crippen molar-refractivity contribution in [1.82, 2.24) is 4.90 Å². The topological polar surface area (TPSA) is 77.8 Å². The smallest absolute Gasteiger partial charge is 0.305 e. The average molecular weight is 330 g/mol. The highest BCUT2D eigenvalue weighted by molar-refractivity contribution is 9.10. The molecule has 0 unspecified atom stereocenters. The molecule has 0 atom stereocenters. The molecule has 0 heterocycles. The number of aliphatic carboxylic acids is 1. The maximum atomic E-state index is 12.3. The van der Waals surface area contributed by atoms with E-state index >= 15 is 0 Å². The van der Waals surface area contributed by atoms with Gasteiger partial charge in [0.2, 0.25) is 0 Å². The summed E-state index contributed by atoms with van der Waals surface area (Å²) < 4.78 is 0.676. The zero-order valence-corrected chi connectivity index (χ0v) is 12.3. The van der Waals surface area contributed by atoms with E-state index in [2.05, 4.69) is 15.9 Å². The fourth-order valence-electron chi connectivity index (χ4n) is 1.64. The molecule has 0 bridgehead atoms. The summed E-state index contributed by atoms with van der Waals surface area (Å²) in [5, 5.41) is 18.4. The zero-order chi connectivity index (χ0) is 14.6. The highest BCUT2D eigenvalue weighted by Crippen LogP contribution is 2.24.